The highest BCUT2D eigenvalue weighted by Gasteiger charge is 2.30. The van der Waals surface area contributed by atoms with Crippen LogP contribution >= 0.6 is 0 Å². The molecule has 7 nitrogen and oxygen atoms in total. The third-order valence-corrected chi connectivity index (χ3v) is 2.39. The average Bonchev–Trinajstić information content (AvgIpc) is 2.58. The van der Waals surface area contributed by atoms with E-state index >= 15 is 0 Å². The Morgan fingerprint density at radius 1 is 1.50 bits per heavy atom. The van der Waals surface area contributed by atoms with Gasteiger partial charge in [-0.3, -0.25) is 14.7 Å². The highest BCUT2D eigenvalue weighted by Crippen LogP contribution is 2.21. The van der Waals surface area contributed by atoms with Crippen molar-refractivity contribution in [2.75, 3.05) is 17.2 Å². The number of hydrogen-bond acceptors (Lipinski definition) is 5. The molecule has 1 unspecified atom stereocenters. The number of nitrogen functional groups attached to an aromatic ring is 1. The number of H-pyrrole nitrogens is 1. The van der Waals surface area contributed by atoms with Gasteiger partial charge >= 0.3 is 5.69 Å². The second-order valence-corrected chi connectivity index (χ2v) is 3.54. The van der Waals surface area contributed by atoms with Crippen LogP contribution in [0.15, 0.2) is 17.4 Å². The van der Waals surface area contributed by atoms with E-state index in [9.17, 15) is 9.59 Å². The van der Waals surface area contributed by atoms with Crippen molar-refractivity contribution >= 4 is 17.8 Å². The van der Waals surface area contributed by atoms with Crippen LogP contribution in [0.3, 0.4) is 0 Å². The van der Waals surface area contributed by atoms with Crippen LogP contribution in [0.4, 0.5) is 11.9 Å². The summed E-state index contributed by atoms with van der Waals surface area (Å²) in [4.78, 5) is 33.7. The number of nitrogens with zero attached hydrogens (tertiary/aromatic N) is 3. The quantitative estimate of drug-likeness (QED) is 0.641. The van der Waals surface area contributed by atoms with Gasteiger partial charge in [-0.2, -0.15) is 9.97 Å². The normalized spacial score (nSPS) is 20.1. The van der Waals surface area contributed by atoms with Crippen LogP contribution in [0.2, 0.25) is 0 Å². The summed E-state index contributed by atoms with van der Waals surface area (Å²) in [5.41, 5.74) is 4.76. The first-order valence-electron chi connectivity index (χ1n) is 4.77. The van der Waals surface area contributed by atoms with Gasteiger partial charge in [0.05, 0.1) is 0 Å². The molecule has 1 amide bonds. The lowest BCUT2D eigenvalue weighted by Gasteiger charge is -2.12. The Morgan fingerprint density at radius 2 is 2.25 bits per heavy atom. The number of hydrogen-bond donors (Lipinski definition) is 2. The number of nitrogens with one attached hydrogen (secondary N) is 1. The first kappa shape index (κ1) is 10.3. The summed E-state index contributed by atoms with van der Waals surface area (Å²) in [7, 11) is 0. The molecule has 7 heteroatoms. The van der Waals surface area contributed by atoms with E-state index in [1.165, 1.54) is 4.90 Å². The van der Waals surface area contributed by atoms with E-state index in [2.05, 4.69) is 21.5 Å². The van der Waals surface area contributed by atoms with Crippen molar-refractivity contribution in [1.29, 1.82) is 0 Å². The predicted octanol–water partition coefficient (Wildman–Crippen LogP) is -0.714. The predicted molar refractivity (Wildman–Crippen MR) is 57.7 cm³/mol. The third kappa shape index (κ3) is 1.79. The number of aromatic nitrogens is 3. The number of carbonyl (C=O) groups is 1. The van der Waals surface area contributed by atoms with Crippen molar-refractivity contribution in [3.05, 3.63) is 23.1 Å². The minimum absolute atomic E-state index is 0.0511. The Balaban J connectivity index is 2.34. The Morgan fingerprint density at radius 3 is 2.81 bits per heavy atom. The fraction of sp³-hybridized carbons (Fsp3) is 0.333. The molecule has 1 atom stereocenters. The van der Waals surface area contributed by atoms with Gasteiger partial charge in [0.15, 0.2) is 0 Å². The lowest BCUT2D eigenvalue weighted by atomic mass is 10.1. The summed E-state index contributed by atoms with van der Waals surface area (Å²) in [5.74, 6) is -0.0630. The van der Waals surface area contributed by atoms with Gasteiger partial charge < -0.3 is 5.73 Å². The zero-order valence-electron chi connectivity index (χ0n) is 8.51. The standard InChI is InChI=1S/C9H11N5O2/c1-2-5-3-6(15)14(4-5)8-11-7(10)12-9(16)13-8/h2,5H,1,3-4H2,(H3,10,11,12,13,16). The van der Waals surface area contributed by atoms with Crippen LogP contribution in [0.5, 0.6) is 0 Å². The van der Waals surface area contributed by atoms with E-state index in [1.807, 2.05) is 0 Å². The van der Waals surface area contributed by atoms with Gasteiger partial charge in [-0.15, -0.1) is 6.58 Å². The molecule has 1 aromatic rings. The minimum Gasteiger partial charge on any atom is -0.369 e. The maximum Gasteiger partial charge on any atom is 0.351 e. The third-order valence-electron chi connectivity index (χ3n) is 2.39. The van der Waals surface area contributed by atoms with Crippen molar-refractivity contribution in [3.8, 4) is 0 Å². The van der Waals surface area contributed by atoms with Gasteiger partial charge in [-0.1, -0.05) is 6.08 Å². The second-order valence-electron chi connectivity index (χ2n) is 3.54. The van der Waals surface area contributed by atoms with E-state index in [4.69, 9.17) is 5.73 Å². The van der Waals surface area contributed by atoms with Gasteiger partial charge in [-0.25, -0.2) is 4.79 Å². The lowest BCUT2D eigenvalue weighted by molar-refractivity contribution is -0.117. The number of anilines is 2. The molecule has 1 fully saturated rings. The molecule has 0 bridgehead atoms. The molecule has 84 valence electrons. The van der Waals surface area contributed by atoms with Gasteiger partial charge in [0.25, 0.3) is 0 Å². The lowest BCUT2D eigenvalue weighted by Crippen LogP contribution is -2.30. The van der Waals surface area contributed by atoms with Gasteiger partial charge in [0, 0.05) is 18.9 Å². The fourth-order valence-corrected chi connectivity index (χ4v) is 1.60. The Labute approximate surface area is 91.0 Å². The highest BCUT2D eigenvalue weighted by molar-refractivity contribution is 5.94. The zero-order chi connectivity index (χ0) is 11.7. The number of aromatic amines is 1. The van der Waals surface area contributed by atoms with Gasteiger partial charge in [0.1, 0.15) is 0 Å². The maximum absolute atomic E-state index is 11.6. The second kappa shape index (κ2) is 3.76. The largest absolute Gasteiger partial charge is 0.369 e. The van der Waals surface area contributed by atoms with E-state index < -0.39 is 5.69 Å². The molecule has 1 aliphatic rings. The zero-order valence-corrected chi connectivity index (χ0v) is 8.51. The van der Waals surface area contributed by atoms with Crippen molar-refractivity contribution in [2.45, 2.75) is 6.42 Å². The van der Waals surface area contributed by atoms with Crippen LogP contribution in [0.25, 0.3) is 0 Å². The number of rotatable bonds is 2. The summed E-state index contributed by atoms with van der Waals surface area (Å²) in [6.07, 6.45) is 2.06. The molecule has 16 heavy (non-hydrogen) atoms. The molecule has 0 aromatic carbocycles. The number of amides is 1. The van der Waals surface area contributed by atoms with Crippen LogP contribution < -0.4 is 16.3 Å². The average molecular weight is 221 g/mol. The molecule has 3 N–H and O–H groups in total. The van der Waals surface area contributed by atoms with E-state index in [-0.39, 0.29) is 23.7 Å². The molecular formula is C9H11N5O2. The summed E-state index contributed by atoms with van der Waals surface area (Å²) in [5, 5.41) is 0. The van der Waals surface area contributed by atoms with Crippen LogP contribution in [0, 0.1) is 5.92 Å². The van der Waals surface area contributed by atoms with Gasteiger partial charge in [-0.05, 0) is 0 Å². The number of carbonyl (C=O) groups excluding carboxylic acids is 1. The summed E-state index contributed by atoms with van der Waals surface area (Å²) < 4.78 is 0. The number of nitrogens with two attached hydrogens (primary N) is 1. The molecule has 0 saturated carbocycles. The Hall–Kier alpha value is -2.18. The molecule has 0 radical (unpaired) electrons. The van der Waals surface area contributed by atoms with Gasteiger partial charge in [0.2, 0.25) is 17.8 Å². The molecule has 1 aliphatic heterocycles. The molecule has 2 rings (SSSR count). The smallest absolute Gasteiger partial charge is 0.351 e. The van der Waals surface area contributed by atoms with E-state index in [0.29, 0.717) is 13.0 Å². The topological polar surface area (TPSA) is 105 Å². The van der Waals surface area contributed by atoms with Crippen molar-refractivity contribution in [1.82, 2.24) is 15.0 Å². The highest BCUT2D eigenvalue weighted by atomic mass is 16.2. The molecular weight excluding hydrogens is 210 g/mol. The molecule has 1 saturated heterocycles. The summed E-state index contributed by atoms with van der Waals surface area (Å²) >= 11 is 0. The van der Waals surface area contributed by atoms with E-state index in [1.54, 1.807) is 6.08 Å². The summed E-state index contributed by atoms with van der Waals surface area (Å²) in [6, 6.07) is 0. The van der Waals surface area contributed by atoms with Crippen molar-refractivity contribution in [3.63, 3.8) is 0 Å². The first-order valence-corrected chi connectivity index (χ1v) is 4.77. The minimum atomic E-state index is -0.614. The maximum atomic E-state index is 11.6. The SMILES string of the molecule is C=CC1CC(=O)N(c2nc(N)[nH]c(=O)n2)C1. The summed E-state index contributed by atoms with van der Waals surface area (Å²) in [6.45, 7) is 4.06. The Kier molecular flexibility index (Phi) is 2.43. The fourth-order valence-electron chi connectivity index (χ4n) is 1.60. The molecule has 1 aromatic heterocycles. The molecule has 0 spiro atoms. The van der Waals surface area contributed by atoms with Crippen LogP contribution in [-0.4, -0.2) is 27.4 Å². The van der Waals surface area contributed by atoms with Crippen LogP contribution in [-0.2, 0) is 4.79 Å². The molecule has 2 heterocycles. The van der Waals surface area contributed by atoms with Crippen molar-refractivity contribution in [2.24, 2.45) is 5.92 Å². The van der Waals surface area contributed by atoms with Crippen molar-refractivity contribution < 1.29 is 4.79 Å². The Bertz CT molecular complexity index is 495. The van der Waals surface area contributed by atoms with E-state index in [0.717, 1.165) is 0 Å². The molecule has 0 aliphatic carbocycles. The monoisotopic (exact) mass is 221 g/mol. The first-order chi connectivity index (χ1) is 7.60. The van der Waals surface area contributed by atoms with Crippen LogP contribution in [0.1, 0.15) is 6.42 Å².